The lowest BCUT2D eigenvalue weighted by Gasteiger charge is -2.23. The van der Waals surface area contributed by atoms with Gasteiger partial charge in [-0.05, 0) is 55.5 Å². The van der Waals surface area contributed by atoms with Gasteiger partial charge in [-0.2, -0.15) is 14.9 Å². The van der Waals surface area contributed by atoms with Crippen molar-refractivity contribution in [1.82, 2.24) is 19.6 Å². The second-order valence-electron chi connectivity index (χ2n) is 10.3. The SMILES string of the molecule is C[C@H]1CCN(c2c(NC(=O)c3ccc(=O)n(-c4c(F)cccc4F)n3)ccc3nn(C4CCCC4)cc23)C1. The van der Waals surface area contributed by atoms with E-state index in [9.17, 15) is 18.4 Å². The fourth-order valence-electron chi connectivity index (χ4n) is 5.60. The molecular formula is C28H28F2N6O2. The third kappa shape index (κ3) is 4.33. The summed E-state index contributed by atoms with van der Waals surface area (Å²) in [5.41, 5.74) is 0.843. The highest BCUT2D eigenvalue weighted by Crippen LogP contribution is 2.39. The van der Waals surface area contributed by atoms with Gasteiger partial charge in [0.1, 0.15) is 11.4 Å². The van der Waals surface area contributed by atoms with Crippen molar-refractivity contribution in [2.45, 2.75) is 45.1 Å². The van der Waals surface area contributed by atoms with Crippen LogP contribution >= 0.6 is 0 Å². The van der Waals surface area contributed by atoms with Crippen molar-refractivity contribution in [3.63, 3.8) is 0 Å². The molecule has 0 radical (unpaired) electrons. The monoisotopic (exact) mass is 518 g/mol. The minimum absolute atomic E-state index is 0.144. The van der Waals surface area contributed by atoms with E-state index >= 15 is 0 Å². The Morgan fingerprint density at radius 2 is 1.74 bits per heavy atom. The van der Waals surface area contributed by atoms with E-state index in [1.165, 1.54) is 25.0 Å². The van der Waals surface area contributed by atoms with Gasteiger partial charge in [-0.3, -0.25) is 14.3 Å². The third-order valence-electron chi connectivity index (χ3n) is 7.55. The summed E-state index contributed by atoms with van der Waals surface area (Å²) >= 11 is 0. The molecule has 3 heterocycles. The predicted octanol–water partition coefficient (Wildman–Crippen LogP) is 5.07. The highest BCUT2D eigenvalue weighted by molar-refractivity contribution is 6.08. The number of hydrogen-bond acceptors (Lipinski definition) is 5. The Bertz CT molecular complexity index is 1570. The molecule has 1 saturated heterocycles. The number of fused-ring (bicyclic) bond motifs is 1. The molecule has 38 heavy (non-hydrogen) atoms. The first-order valence-corrected chi connectivity index (χ1v) is 13.0. The molecule has 1 N–H and O–H groups in total. The minimum Gasteiger partial charge on any atom is -0.369 e. The number of amides is 1. The van der Waals surface area contributed by atoms with Gasteiger partial charge in [0.05, 0.1) is 22.9 Å². The number of nitrogens with zero attached hydrogens (tertiary/aromatic N) is 5. The summed E-state index contributed by atoms with van der Waals surface area (Å²) in [5, 5.41) is 12.8. The average molecular weight is 519 g/mol. The summed E-state index contributed by atoms with van der Waals surface area (Å²) < 4.78 is 31.4. The molecule has 1 amide bonds. The topological polar surface area (TPSA) is 85.1 Å². The van der Waals surface area contributed by atoms with Crippen LogP contribution < -0.4 is 15.8 Å². The molecule has 10 heteroatoms. The zero-order valence-electron chi connectivity index (χ0n) is 21.0. The number of carbonyl (C=O) groups excluding carboxylic acids is 1. The van der Waals surface area contributed by atoms with E-state index in [4.69, 9.17) is 5.10 Å². The molecule has 1 saturated carbocycles. The van der Waals surface area contributed by atoms with Crippen molar-refractivity contribution in [1.29, 1.82) is 0 Å². The smallest absolute Gasteiger partial charge is 0.276 e. The first-order chi connectivity index (χ1) is 18.4. The van der Waals surface area contributed by atoms with E-state index < -0.39 is 28.8 Å². The van der Waals surface area contributed by atoms with Crippen molar-refractivity contribution < 1.29 is 13.6 Å². The number of benzene rings is 2. The van der Waals surface area contributed by atoms with E-state index in [1.54, 1.807) is 0 Å². The Morgan fingerprint density at radius 1 is 0.974 bits per heavy atom. The lowest BCUT2D eigenvalue weighted by molar-refractivity contribution is 0.102. The summed E-state index contributed by atoms with van der Waals surface area (Å²) in [4.78, 5) is 28.0. The summed E-state index contributed by atoms with van der Waals surface area (Å²) in [5.74, 6) is -1.98. The van der Waals surface area contributed by atoms with Crippen LogP contribution in [0.3, 0.4) is 0 Å². The summed E-state index contributed by atoms with van der Waals surface area (Å²) in [7, 11) is 0. The van der Waals surface area contributed by atoms with Crippen LogP contribution in [0.25, 0.3) is 16.6 Å². The van der Waals surface area contributed by atoms with Crippen LogP contribution in [0, 0.1) is 17.6 Å². The second kappa shape index (κ2) is 9.66. The molecule has 2 aromatic heterocycles. The number of para-hydroxylation sites is 1. The molecule has 6 rings (SSSR count). The van der Waals surface area contributed by atoms with Gasteiger partial charge in [0.2, 0.25) is 0 Å². The van der Waals surface area contributed by atoms with Crippen LogP contribution in [-0.4, -0.2) is 38.6 Å². The highest BCUT2D eigenvalue weighted by atomic mass is 19.1. The number of aromatic nitrogens is 4. The zero-order valence-corrected chi connectivity index (χ0v) is 21.0. The maximum Gasteiger partial charge on any atom is 0.276 e. The van der Waals surface area contributed by atoms with Gasteiger partial charge in [0.25, 0.3) is 11.5 Å². The number of halogens is 2. The Kier molecular flexibility index (Phi) is 6.17. The van der Waals surface area contributed by atoms with Crippen molar-refractivity contribution >= 4 is 28.2 Å². The standard InChI is InChI=1S/C28H28F2N6O2/c1-17-13-14-34(15-17)26-19-16-35(18-5-2-3-6-18)32-22(19)9-10-23(26)31-28(38)24-11-12-25(37)36(33-24)27-20(29)7-4-8-21(27)30/h4,7-12,16-18H,2-3,5-6,13-15H2,1H3,(H,31,38)/t17-/m0/s1. The summed E-state index contributed by atoms with van der Waals surface area (Å²) in [6, 6.07) is 9.69. The maximum absolute atomic E-state index is 14.4. The van der Waals surface area contributed by atoms with Crippen LogP contribution in [-0.2, 0) is 0 Å². The van der Waals surface area contributed by atoms with Crippen molar-refractivity contribution in [2.75, 3.05) is 23.3 Å². The molecule has 196 valence electrons. The van der Waals surface area contributed by atoms with Gasteiger partial charge in [-0.25, -0.2) is 8.78 Å². The Morgan fingerprint density at radius 3 is 2.45 bits per heavy atom. The normalized spacial score (nSPS) is 18.0. The fraction of sp³-hybridized carbons (Fsp3) is 0.357. The highest BCUT2D eigenvalue weighted by Gasteiger charge is 2.27. The molecule has 0 bridgehead atoms. The molecular weight excluding hydrogens is 490 g/mol. The fourth-order valence-corrected chi connectivity index (χ4v) is 5.60. The maximum atomic E-state index is 14.4. The van der Waals surface area contributed by atoms with Crippen LogP contribution in [0.5, 0.6) is 0 Å². The summed E-state index contributed by atoms with van der Waals surface area (Å²) in [6.07, 6.45) is 7.74. The van der Waals surface area contributed by atoms with Gasteiger partial charge < -0.3 is 10.2 Å². The van der Waals surface area contributed by atoms with E-state index in [0.717, 1.165) is 67.1 Å². The van der Waals surface area contributed by atoms with E-state index in [2.05, 4.69) is 33.1 Å². The predicted molar refractivity (Wildman–Crippen MR) is 141 cm³/mol. The van der Waals surface area contributed by atoms with Crippen molar-refractivity contribution in [3.8, 4) is 5.69 Å². The van der Waals surface area contributed by atoms with Crippen LogP contribution in [0.15, 0.2) is 53.5 Å². The molecule has 2 aliphatic rings. The minimum atomic E-state index is -0.952. The van der Waals surface area contributed by atoms with Gasteiger partial charge in [0, 0.05) is 30.7 Å². The van der Waals surface area contributed by atoms with E-state index in [1.807, 2.05) is 12.1 Å². The molecule has 8 nitrogen and oxygen atoms in total. The van der Waals surface area contributed by atoms with E-state index in [0.29, 0.717) is 22.3 Å². The molecule has 0 unspecified atom stereocenters. The molecule has 4 aromatic rings. The van der Waals surface area contributed by atoms with Gasteiger partial charge in [-0.15, -0.1) is 0 Å². The lowest BCUT2D eigenvalue weighted by atomic mass is 10.1. The van der Waals surface area contributed by atoms with Crippen LogP contribution in [0.1, 0.15) is 55.6 Å². The number of hydrogen-bond donors (Lipinski definition) is 1. The van der Waals surface area contributed by atoms with Gasteiger partial charge >= 0.3 is 0 Å². The first kappa shape index (κ1) is 24.3. The lowest BCUT2D eigenvalue weighted by Crippen LogP contribution is -2.27. The van der Waals surface area contributed by atoms with E-state index in [-0.39, 0.29) is 5.69 Å². The third-order valence-corrected chi connectivity index (χ3v) is 7.55. The number of carbonyl (C=O) groups is 1. The van der Waals surface area contributed by atoms with Crippen LogP contribution in [0.2, 0.25) is 0 Å². The first-order valence-electron chi connectivity index (χ1n) is 13.0. The Balaban J connectivity index is 1.38. The molecule has 0 spiro atoms. The van der Waals surface area contributed by atoms with Crippen molar-refractivity contribution in [3.05, 3.63) is 76.3 Å². The second-order valence-corrected chi connectivity index (χ2v) is 10.3. The van der Waals surface area contributed by atoms with Gasteiger partial charge in [0.15, 0.2) is 11.6 Å². The van der Waals surface area contributed by atoms with Gasteiger partial charge in [-0.1, -0.05) is 25.8 Å². The Labute approximate surface area is 217 Å². The quantitative estimate of drug-likeness (QED) is 0.399. The zero-order chi connectivity index (χ0) is 26.4. The summed E-state index contributed by atoms with van der Waals surface area (Å²) in [6.45, 7) is 3.91. The largest absolute Gasteiger partial charge is 0.369 e. The molecule has 2 fully saturated rings. The number of rotatable bonds is 5. The van der Waals surface area contributed by atoms with Crippen molar-refractivity contribution in [2.24, 2.45) is 5.92 Å². The number of nitrogens with one attached hydrogen (secondary N) is 1. The van der Waals surface area contributed by atoms with Crippen LogP contribution in [0.4, 0.5) is 20.2 Å². The molecule has 2 aromatic carbocycles. The molecule has 1 aliphatic heterocycles. The molecule has 1 aliphatic carbocycles. The Hall–Kier alpha value is -4.08. The average Bonchev–Trinajstić information content (AvgIpc) is 3.65. The molecule has 1 atom stereocenters. The number of anilines is 2.